The van der Waals surface area contributed by atoms with Crippen LogP contribution in [0.2, 0.25) is 0 Å². The second kappa shape index (κ2) is 9.90. The number of nitrogens with two attached hydrogens (primary N) is 2. The normalized spacial score (nSPS) is 17.8. The van der Waals surface area contributed by atoms with E-state index in [0.717, 1.165) is 50.1 Å². The molecule has 0 saturated carbocycles. The molecule has 1 aromatic carbocycles. The minimum absolute atomic E-state index is 0. The van der Waals surface area contributed by atoms with Crippen LogP contribution in [0.25, 0.3) is 0 Å². The molecule has 6 nitrogen and oxygen atoms in total. The maximum atomic E-state index is 12.3. The van der Waals surface area contributed by atoms with Gasteiger partial charge in [-0.1, -0.05) is 25.5 Å². The van der Waals surface area contributed by atoms with Gasteiger partial charge in [-0.2, -0.15) is 0 Å². The maximum Gasteiger partial charge on any atom is 0.244 e. The second-order valence-electron chi connectivity index (χ2n) is 7.27. The first-order valence-corrected chi connectivity index (χ1v) is 9.03. The minimum atomic E-state index is -0.860. The summed E-state index contributed by atoms with van der Waals surface area (Å²) in [6, 6.07) is 7.85. The molecule has 1 aliphatic rings. The van der Waals surface area contributed by atoms with Gasteiger partial charge in [-0.3, -0.25) is 14.5 Å². The number of nitrogens with zero attached hydrogens (tertiary/aromatic N) is 1. The molecule has 1 aliphatic heterocycles. The SMILES string of the molecule is CCCC(C)(N)C(=O)Nc1cccc(CN2CCC(C(N)=O)CC2)c1.Cl. The molecular formula is C19H31ClN4O2. The zero-order chi connectivity index (χ0) is 18.4. The van der Waals surface area contributed by atoms with Crippen molar-refractivity contribution < 1.29 is 9.59 Å². The molecular weight excluding hydrogens is 352 g/mol. The number of nitrogens with one attached hydrogen (secondary N) is 1. The van der Waals surface area contributed by atoms with Crippen molar-refractivity contribution in [2.24, 2.45) is 17.4 Å². The van der Waals surface area contributed by atoms with Crippen molar-refractivity contribution in [1.29, 1.82) is 0 Å². The quantitative estimate of drug-likeness (QED) is 0.673. The number of anilines is 1. The third-order valence-corrected chi connectivity index (χ3v) is 4.87. The fourth-order valence-electron chi connectivity index (χ4n) is 3.29. The molecule has 146 valence electrons. The fourth-order valence-corrected chi connectivity index (χ4v) is 3.29. The van der Waals surface area contributed by atoms with Gasteiger partial charge < -0.3 is 16.8 Å². The zero-order valence-corrected chi connectivity index (χ0v) is 16.5. The molecule has 2 amide bonds. The molecule has 0 aliphatic carbocycles. The average Bonchev–Trinajstić information content (AvgIpc) is 2.55. The lowest BCUT2D eigenvalue weighted by molar-refractivity contribution is -0.123. The van der Waals surface area contributed by atoms with Crippen LogP contribution < -0.4 is 16.8 Å². The number of rotatable bonds is 7. The van der Waals surface area contributed by atoms with Crippen molar-refractivity contribution in [1.82, 2.24) is 4.90 Å². The number of halogens is 1. The van der Waals surface area contributed by atoms with E-state index in [1.165, 1.54) is 0 Å². The minimum Gasteiger partial charge on any atom is -0.369 e. The second-order valence-corrected chi connectivity index (χ2v) is 7.27. The van der Waals surface area contributed by atoms with E-state index < -0.39 is 5.54 Å². The van der Waals surface area contributed by atoms with Crippen LogP contribution >= 0.6 is 12.4 Å². The van der Waals surface area contributed by atoms with Crippen LogP contribution in [0.1, 0.15) is 45.1 Å². The number of carbonyl (C=O) groups is 2. The smallest absolute Gasteiger partial charge is 0.244 e. The van der Waals surface area contributed by atoms with Gasteiger partial charge in [0, 0.05) is 18.2 Å². The Morgan fingerprint density at radius 3 is 2.54 bits per heavy atom. The van der Waals surface area contributed by atoms with Crippen molar-refractivity contribution in [2.75, 3.05) is 18.4 Å². The Morgan fingerprint density at radius 2 is 1.96 bits per heavy atom. The number of benzene rings is 1. The molecule has 1 fully saturated rings. The number of piperidine rings is 1. The topological polar surface area (TPSA) is 101 Å². The lowest BCUT2D eigenvalue weighted by Gasteiger charge is -2.30. The standard InChI is InChI=1S/C19H30N4O2.ClH/c1-3-9-19(2,21)18(25)22-16-6-4-5-14(12-16)13-23-10-7-15(8-11-23)17(20)24;/h4-6,12,15H,3,7-11,13,21H2,1-2H3,(H2,20,24)(H,22,25);1H. The van der Waals surface area contributed by atoms with Crippen molar-refractivity contribution in [3.8, 4) is 0 Å². The number of carbonyl (C=O) groups excluding carboxylic acids is 2. The summed E-state index contributed by atoms with van der Waals surface area (Å²) in [5, 5.41) is 2.92. The van der Waals surface area contributed by atoms with Crippen LogP contribution in [0, 0.1) is 5.92 Å². The van der Waals surface area contributed by atoms with Crippen LogP contribution in [-0.4, -0.2) is 35.3 Å². The highest BCUT2D eigenvalue weighted by atomic mass is 35.5. The number of likely N-dealkylation sites (tertiary alicyclic amines) is 1. The third-order valence-electron chi connectivity index (χ3n) is 4.87. The van der Waals surface area contributed by atoms with Gasteiger partial charge in [0.2, 0.25) is 11.8 Å². The zero-order valence-electron chi connectivity index (χ0n) is 15.7. The highest BCUT2D eigenvalue weighted by Crippen LogP contribution is 2.20. The van der Waals surface area contributed by atoms with E-state index in [-0.39, 0.29) is 30.1 Å². The Balaban J connectivity index is 0.00000338. The lowest BCUT2D eigenvalue weighted by atomic mass is 9.96. The van der Waals surface area contributed by atoms with Crippen molar-refractivity contribution >= 4 is 29.9 Å². The van der Waals surface area contributed by atoms with Crippen LogP contribution in [0.4, 0.5) is 5.69 Å². The summed E-state index contributed by atoms with van der Waals surface area (Å²) in [5.41, 5.74) is 12.5. The summed E-state index contributed by atoms with van der Waals surface area (Å²) in [6.45, 7) is 6.30. The van der Waals surface area contributed by atoms with E-state index in [0.29, 0.717) is 6.42 Å². The van der Waals surface area contributed by atoms with Crippen molar-refractivity contribution in [3.63, 3.8) is 0 Å². The Kier molecular flexibility index (Phi) is 8.53. The number of hydrogen-bond donors (Lipinski definition) is 3. The van der Waals surface area contributed by atoms with Gasteiger partial charge in [0.1, 0.15) is 0 Å². The Labute approximate surface area is 162 Å². The summed E-state index contributed by atoms with van der Waals surface area (Å²) >= 11 is 0. The lowest BCUT2D eigenvalue weighted by Crippen LogP contribution is -2.48. The molecule has 0 bridgehead atoms. The molecule has 26 heavy (non-hydrogen) atoms. The summed E-state index contributed by atoms with van der Waals surface area (Å²) in [4.78, 5) is 25.9. The van der Waals surface area contributed by atoms with Gasteiger partial charge in [-0.25, -0.2) is 0 Å². The molecule has 2 rings (SSSR count). The van der Waals surface area contributed by atoms with Gasteiger partial charge in [0.25, 0.3) is 0 Å². The predicted octanol–water partition coefficient (Wildman–Crippen LogP) is 2.26. The van der Waals surface area contributed by atoms with Gasteiger partial charge in [-0.05, 0) is 57.0 Å². The van der Waals surface area contributed by atoms with E-state index in [1.807, 2.05) is 31.2 Å². The van der Waals surface area contributed by atoms with Crippen LogP contribution in [0.5, 0.6) is 0 Å². The van der Waals surface area contributed by atoms with Gasteiger partial charge in [0.05, 0.1) is 5.54 Å². The largest absolute Gasteiger partial charge is 0.369 e. The Hall–Kier alpha value is -1.63. The van der Waals surface area contributed by atoms with Gasteiger partial charge >= 0.3 is 0 Å². The molecule has 0 spiro atoms. The first kappa shape index (κ1) is 22.4. The third kappa shape index (κ3) is 6.27. The van der Waals surface area contributed by atoms with Gasteiger partial charge in [-0.15, -0.1) is 12.4 Å². The van der Waals surface area contributed by atoms with E-state index in [1.54, 1.807) is 6.92 Å². The average molecular weight is 383 g/mol. The Morgan fingerprint density at radius 1 is 1.31 bits per heavy atom. The highest BCUT2D eigenvalue weighted by Gasteiger charge is 2.27. The predicted molar refractivity (Wildman–Crippen MR) is 107 cm³/mol. The monoisotopic (exact) mass is 382 g/mol. The van der Waals surface area contributed by atoms with E-state index in [4.69, 9.17) is 11.5 Å². The molecule has 1 heterocycles. The first-order chi connectivity index (χ1) is 11.8. The van der Waals surface area contributed by atoms with E-state index >= 15 is 0 Å². The summed E-state index contributed by atoms with van der Waals surface area (Å²) in [5.74, 6) is -0.349. The molecule has 0 aromatic heterocycles. The maximum absolute atomic E-state index is 12.3. The van der Waals surface area contributed by atoms with Crippen LogP contribution in [0.15, 0.2) is 24.3 Å². The summed E-state index contributed by atoms with van der Waals surface area (Å²) < 4.78 is 0. The van der Waals surface area contributed by atoms with Gasteiger partial charge in [0.15, 0.2) is 0 Å². The number of amides is 2. The molecule has 1 unspecified atom stereocenters. The summed E-state index contributed by atoms with van der Waals surface area (Å²) in [6.07, 6.45) is 3.14. The van der Waals surface area contributed by atoms with E-state index in [2.05, 4.69) is 10.2 Å². The highest BCUT2D eigenvalue weighted by molar-refractivity contribution is 5.97. The molecule has 1 saturated heterocycles. The first-order valence-electron chi connectivity index (χ1n) is 9.03. The molecule has 5 N–H and O–H groups in total. The molecule has 7 heteroatoms. The summed E-state index contributed by atoms with van der Waals surface area (Å²) in [7, 11) is 0. The fraction of sp³-hybridized carbons (Fsp3) is 0.579. The Bertz CT molecular complexity index is 613. The number of hydrogen-bond acceptors (Lipinski definition) is 4. The van der Waals surface area contributed by atoms with E-state index in [9.17, 15) is 9.59 Å². The number of primary amides is 1. The molecule has 0 radical (unpaired) electrons. The molecule has 1 atom stereocenters. The van der Waals surface area contributed by atoms with Crippen LogP contribution in [0.3, 0.4) is 0 Å². The van der Waals surface area contributed by atoms with Crippen molar-refractivity contribution in [3.05, 3.63) is 29.8 Å². The van der Waals surface area contributed by atoms with Crippen molar-refractivity contribution in [2.45, 2.75) is 51.6 Å². The van der Waals surface area contributed by atoms with Crippen LogP contribution in [-0.2, 0) is 16.1 Å². The molecule has 1 aromatic rings.